The lowest BCUT2D eigenvalue weighted by atomic mass is 9.97. The van der Waals surface area contributed by atoms with Crippen molar-refractivity contribution >= 4 is 11.0 Å². The van der Waals surface area contributed by atoms with Crippen LogP contribution in [0.15, 0.2) is 24.3 Å². The summed E-state index contributed by atoms with van der Waals surface area (Å²) in [5.74, 6) is 1.67. The zero-order valence-electron chi connectivity index (χ0n) is 11.4. The summed E-state index contributed by atoms with van der Waals surface area (Å²) in [6.07, 6.45) is 2.47. The van der Waals surface area contributed by atoms with Gasteiger partial charge in [0.1, 0.15) is 5.82 Å². The van der Waals surface area contributed by atoms with Crippen molar-refractivity contribution < 1.29 is 4.74 Å². The van der Waals surface area contributed by atoms with Crippen LogP contribution in [0.5, 0.6) is 0 Å². The molecule has 3 rings (SSSR count). The van der Waals surface area contributed by atoms with Gasteiger partial charge in [0.05, 0.1) is 17.6 Å². The van der Waals surface area contributed by atoms with Crippen LogP contribution < -0.4 is 0 Å². The molecule has 1 aromatic carbocycles. The Morgan fingerprint density at radius 2 is 2.32 bits per heavy atom. The van der Waals surface area contributed by atoms with Crippen molar-refractivity contribution in [2.75, 3.05) is 33.4 Å². The SMILES string of the molecule is COCCN1CCCC(c2nc3ccccc3[nH]2)C1. The molecule has 0 radical (unpaired) electrons. The number of rotatable bonds is 4. The van der Waals surface area contributed by atoms with Crippen LogP contribution in [0.4, 0.5) is 0 Å². The van der Waals surface area contributed by atoms with Crippen molar-refractivity contribution in [3.63, 3.8) is 0 Å². The first-order valence-electron chi connectivity index (χ1n) is 7.03. The van der Waals surface area contributed by atoms with Crippen LogP contribution in [-0.4, -0.2) is 48.2 Å². The maximum absolute atomic E-state index is 5.17. The Labute approximate surface area is 113 Å². The molecule has 0 saturated carbocycles. The van der Waals surface area contributed by atoms with E-state index in [1.807, 2.05) is 6.07 Å². The number of aromatic nitrogens is 2. The summed E-state index contributed by atoms with van der Waals surface area (Å²) < 4.78 is 5.17. The van der Waals surface area contributed by atoms with Gasteiger partial charge in [-0.05, 0) is 31.5 Å². The first kappa shape index (κ1) is 12.6. The number of H-pyrrole nitrogens is 1. The number of fused-ring (bicyclic) bond motifs is 1. The second-order valence-corrected chi connectivity index (χ2v) is 5.27. The zero-order valence-corrected chi connectivity index (χ0v) is 11.4. The Balaban J connectivity index is 1.73. The van der Waals surface area contributed by atoms with Gasteiger partial charge in [-0.1, -0.05) is 12.1 Å². The van der Waals surface area contributed by atoms with Gasteiger partial charge < -0.3 is 14.6 Å². The summed E-state index contributed by atoms with van der Waals surface area (Å²) in [6, 6.07) is 8.26. The molecule has 4 nitrogen and oxygen atoms in total. The van der Waals surface area contributed by atoms with E-state index >= 15 is 0 Å². The number of likely N-dealkylation sites (tertiary alicyclic amines) is 1. The molecule has 102 valence electrons. The molecule has 1 N–H and O–H groups in total. The van der Waals surface area contributed by atoms with Crippen LogP contribution >= 0.6 is 0 Å². The lowest BCUT2D eigenvalue weighted by Crippen LogP contribution is -2.36. The van der Waals surface area contributed by atoms with Gasteiger partial charge in [0.2, 0.25) is 0 Å². The fraction of sp³-hybridized carbons (Fsp3) is 0.533. The average Bonchev–Trinajstić information content (AvgIpc) is 2.89. The minimum atomic E-state index is 0.526. The van der Waals surface area contributed by atoms with Crippen molar-refractivity contribution in [1.82, 2.24) is 14.9 Å². The van der Waals surface area contributed by atoms with Crippen LogP contribution in [0.1, 0.15) is 24.6 Å². The first-order valence-corrected chi connectivity index (χ1v) is 7.03. The molecule has 1 atom stereocenters. The smallest absolute Gasteiger partial charge is 0.111 e. The van der Waals surface area contributed by atoms with Gasteiger partial charge in [-0.15, -0.1) is 0 Å². The van der Waals surface area contributed by atoms with Crippen LogP contribution in [0.25, 0.3) is 11.0 Å². The molecule has 2 aromatic rings. The monoisotopic (exact) mass is 259 g/mol. The molecule has 1 aromatic heterocycles. The summed E-state index contributed by atoms with van der Waals surface area (Å²) >= 11 is 0. The number of para-hydroxylation sites is 2. The molecule has 0 aliphatic carbocycles. The quantitative estimate of drug-likeness (QED) is 0.916. The van der Waals surface area contributed by atoms with Gasteiger partial charge in [0.25, 0.3) is 0 Å². The van der Waals surface area contributed by atoms with Crippen molar-refractivity contribution in [2.45, 2.75) is 18.8 Å². The van der Waals surface area contributed by atoms with E-state index in [0.29, 0.717) is 5.92 Å². The number of hydrogen-bond donors (Lipinski definition) is 1. The number of ether oxygens (including phenoxy) is 1. The predicted octanol–water partition coefficient (Wildman–Crippen LogP) is 2.39. The maximum Gasteiger partial charge on any atom is 0.111 e. The highest BCUT2D eigenvalue weighted by Crippen LogP contribution is 2.26. The zero-order chi connectivity index (χ0) is 13.1. The summed E-state index contributed by atoms with van der Waals surface area (Å²) in [5, 5.41) is 0. The Morgan fingerprint density at radius 1 is 1.42 bits per heavy atom. The Kier molecular flexibility index (Phi) is 3.80. The van der Waals surface area contributed by atoms with Gasteiger partial charge in [-0.3, -0.25) is 0 Å². The van der Waals surface area contributed by atoms with E-state index in [1.54, 1.807) is 7.11 Å². The predicted molar refractivity (Wildman–Crippen MR) is 76.4 cm³/mol. The molecular formula is C15H21N3O. The fourth-order valence-corrected chi connectivity index (χ4v) is 2.87. The van der Waals surface area contributed by atoms with E-state index in [-0.39, 0.29) is 0 Å². The second-order valence-electron chi connectivity index (χ2n) is 5.27. The molecule has 1 unspecified atom stereocenters. The Hall–Kier alpha value is -1.39. The fourth-order valence-electron chi connectivity index (χ4n) is 2.87. The van der Waals surface area contributed by atoms with Crippen molar-refractivity contribution in [2.24, 2.45) is 0 Å². The van der Waals surface area contributed by atoms with E-state index < -0.39 is 0 Å². The Bertz CT molecular complexity index is 504. The standard InChI is InChI=1S/C15H21N3O/c1-19-10-9-18-8-4-5-12(11-18)15-16-13-6-2-3-7-14(13)17-15/h2-3,6-7,12H,4-5,8-11H2,1H3,(H,16,17). The lowest BCUT2D eigenvalue weighted by molar-refractivity contribution is 0.127. The topological polar surface area (TPSA) is 41.1 Å². The average molecular weight is 259 g/mol. The summed E-state index contributed by atoms with van der Waals surface area (Å²) in [6.45, 7) is 4.10. The van der Waals surface area contributed by atoms with Crippen LogP contribution in [-0.2, 0) is 4.74 Å². The number of imidazole rings is 1. The van der Waals surface area contributed by atoms with E-state index in [1.165, 1.54) is 19.4 Å². The largest absolute Gasteiger partial charge is 0.383 e. The van der Waals surface area contributed by atoms with E-state index in [9.17, 15) is 0 Å². The first-order chi connectivity index (χ1) is 9.36. The van der Waals surface area contributed by atoms with Crippen molar-refractivity contribution in [3.05, 3.63) is 30.1 Å². The molecule has 0 spiro atoms. The maximum atomic E-state index is 5.17. The highest BCUT2D eigenvalue weighted by molar-refractivity contribution is 5.74. The van der Waals surface area contributed by atoms with Crippen molar-refractivity contribution in [3.8, 4) is 0 Å². The van der Waals surface area contributed by atoms with Gasteiger partial charge in [0.15, 0.2) is 0 Å². The molecule has 4 heteroatoms. The van der Waals surface area contributed by atoms with Crippen LogP contribution in [0.2, 0.25) is 0 Å². The molecule has 1 saturated heterocycles. The number of methoxy groups -OCH3 is 1. The number of piperidine rings is 1. The summed E-state index contributed by atoms with van der Waals surface area (Å²) in [4.78, 5) is 10.7. The molecule has 0 amide bonds. The van der Waals surface area contributed by atoms with Gasteiger partial charge in [-0.2, -0.15) is 0 Å². The minimum absolute atomic E-state index is 0.526. The highest BCUT2D eigenvalue weighted by Gasteiger charge is 2.23. The summed E-state index contributed by atoms with van der Waals surface area (Å²) in [7, 11) is 1.76. The van der Waals surface area contributed by atoms with E-state index in [2.05, 4.69) is 28.1 Å². The van der Waals surface area contributed by atoms with E-state index in [0.717, 1.165) is 36.6 Å². The molecule has 2 heterocycles. The van der Waals surface area contributed by atoms with Gasteiger partial charge in [0, 0.05) is 26.1 Å². The minimum Gasteiger partial charge on any atom is -0.383 e. The van der Waals surface area contributed by atoms with Gasteiger partial charge >= 0.3 is 0 Å². The highest BCUT2D eigenvalue weighted by atomic mass is 16.5. The number of benzene rings is 1. The molecule has 19 heavy (non-hydrogen) atoms. The Morgan fingerprint density at radius 3 is 3.16 bits per heavy atom. The number of hydrogen-bond acceptors (Lipinski definition) is 3. The third kappa shape index (κ3) is 2.80. The van der Waals surface area contributed by atoms with E-state index in [4.69, 9.17) is 9.72 Å². The second kappa shape index (κ2) is 5.72. The molecular weight excluding hydrogens is 238 g/mol. The third-order valence-electron chi connectivity index (χ3n) is 3.91. The van der Waals surface area contributed by atoms with Gasteiger partial charge in [-0.25, -0.2) is 4.98 Å². The van der Waals surface area contributed by atoms with Crippen molar-refractivity contribution in [1.29, 1.82) is 0 Å². The molecule has 1 aliphatic rings. The van der Waals surface area contributed by atoms with Crippen LogP contribution in [0.3, 0.4) is 0 Å². The number of nitrogens with zero attached hydrogens (tertiary/aromatic N) is 2. The number of nitrogens with one attached hydrogen (secondary N) is 1. The normalized spacial score (nSPS) is 21.0. The third-order valence-corrected chi connectivity index (χ3v) is 3.91. The molecule has 1 fully saturated rings. The number of aromatic amines is 1. The van der Waals surface area contributed by atoms with Crippen LogP contribution in [0, 0.1) is 0 Å². The molecule has 0 bridgehead atoms. The summed E-state index contributed by atoms with van der Waals surface area (Å²) in [5.41, 5.74) is 2.22. The lowest BCUT2D eigenvalue weighted by Gasteiger charge is -2.31. The molecule has 1 aliphatic heterocycles.